The number of carbonyl (C=O) groups is 1. The number of halogens is 2. The van der Waals surface area contributed by atoms with E-state index in [-0.39, 0.29) is 5.91 Å². The second kappa shape index (κ2) is 6.58. The average Bonchev–Trinajstić information content (AvgIpc) is 2.98. The number of anilines is 2. The first-order chi connectivity index (χ1) is 11.0. The molecule has 0 spiro atoms. The van der Waals surface area contributed by atoms with Crippen LogP contribution in [0.4, 0.5) is 10.8 Å². The number of benzene rings is 2. The van der Waals surface area contributed by atoms with Crippen molar-refractivity contribution >= 4 is 51.3 Å². The van der Waals surface area contributed by atoms with Gasteiger partial charge in [-0.1, -0.05) is 35.3 Å². The van der Waals surface area contributed by atoms with Gasteiger partial charge in [-0.2, -0.15) is 0 Å². The monoisotopic (exact) mass is 363 g/mol. The first kappa shape index (κ1) is 15.8. The number of hydrogen-bond donors (Lipinski definition) is 2. The Labute approximate surface area is 146 Å². The van der Waals surface area contributed by atoms with E-state index in [9.17, 15) is 4.79 Å². The number of nitrogens with two attached hydrogens (primary N) is 1. The summed E-state index contributed by atoms with van der Waals surface area (Å²) in [5, 5.41) is 5.84. The number of carbonyl (C=O) groups excluding carboxylic acids is 1. The Bertz CT molecular complexity index is 879. The highest BCUT2D eigenvalue weighted by Gasteiger charge is 2.11. The Hall–Kier alpha value is -2.08. The molecule has 0 fully saturated rings. The molecule has 0 aliphatic rings. The summed E-state index contributed by atoms with van der Waals surface area (Å²) in [6.45, 7) is 0. The molecule has 0 aliphatic heterocycles. The zero-order valence-corrected chi connectivity index (χ0v) is 14.0. The molecule has 7 heteroatoms. The third kappa shape index (κ3) is 3.64. The Kier molecular flexibility index (Phi) is 4.52. The Balaban J connectivity index is 1.78. The molecule has 0 saturated carbocycles. The standard InChI is InChI=1S/C16H11Cl2N3OS/c17-12-5-4-10(7-13(12)18)15(22)21-16-20-14(8-23-16)9-2-1-3-11(19)6-9/h1-8H,19H2,(H,20,21,22). The summed E-state index contributed by atoms with van der Waals surface area (Å²) >= 11 is 13.1. The van der Waals surface area contributed by atoms with Gasteiger partial charge < -0.3 is 5.73 Å². The van der Waals surface area contributed by atoms with E-state index >= 15 is 0 Å². The maximum Gasteiger partial charge on any atom is 0.257 e. The topological polar surface area (TPSA) is 68.0 Å². The number of amides is 1. The van der Waals surface area contributed by atoms with Crippen LogP contribution in [0.15, 0.2) is 47.8 Å². The van der Waals surface area contributed by atoms with Gasteiger partial charge in [-0.05, 0) is 30.3 Å². The molecular formula is C16H11Cl2N3OS. The number of rotatable bonds is 3. The van der Waals surface area contributed by atoms with Gasteiger partial charge in [0.25, 0.3) is 5.91 Å². The highest BCUT2D eigenvalue weighted by molar-refractivity contribution is 7.14. The second-order valence-corrected chi connectivity index (χ2v) is 6.42. The van der Waals surface area contributed by atoms with Gasteiger partial charge in [-0.25, -0.2) is 4.98 Å². The van der Waals surface area contributed by atoms with Crippen molar-refractivity contribution < 1.29 is 4.79 Å². The fraction of sp³-hybridized carbons (Fsp3) is 0. The predicted molar refractivity (Wildman–Crippen MR) is 96.4 cm³/mol. The van der Waals surface area contributed by atoms with Gasteiger partial charge >= 0.3 is 0 Å². The van der Waals surface area contributed by atoms with E-state index in [0.717, 1.165) is 11.3 Å². The molecule has 3 aromatic rings. The van der Waals surface area contributed by atoms with Gasteiger partial charge in [-0.15, -0.1) is 11.3 Å². The lowest BCUT2D eigenvalue weighted by Crippen LogP contribution is -2.11. The van der Waals surface area contributed by atoms with E-state index in [2.05, 4.69) is 10.3 Å². The highest BCUT2D eigenvalue weighted by atomic mass is 35.5. The van der Waals surface area contributed by atoms with Crippen molar-refractivity contribution in [1.29, 1.82) is 0 Å². The van der Waals surface area contributed by atoms with Crippen molar-refractivity contribution in [2.24, 2.45) is 0 Å². The summed E-state index contributed by atoms with van der Waals surface area (Å²) in [5.41, 5.74) is 8.50. The lowest BCUT2D eigenvalue weighted by molar-refractivity contribution is 0.102. The smallest absolute Gasteiger partial charge is 0.257 e. The Morgan fingerprint density at radius 1 is 1.13 bits per heavy atom. The van der Waals surface area contributed by atoms with Crippen LogP contribution in [0.2, 0.25) is 10.0 Å². The van der Waals surface area contributed by atoms with Crippen LogP contribution in [-0.4, -0.2) is 10.9 Å². The molecule has 4 nitrogen and oxygen atoms in total. The van der Waals surface area contributed by atoms with Crippen molar-refractivity contribution in [1.82, 2.24) is 4.98 Å². The number of nitrogens with zero attached hydrogens (tertiary/aromatic N) is 1. The van der Waals surface area contributed by atoms with E-state index < -0.39 is 0 Å². The molecule has 1 heterocycles. The van der Waals surface area contributed by atoms with Crippen molar-refractivity contribution in [3.05, 3.63) is 63.5 Å². The maximum atomic E-state index is 12.2. The van der Waals surface area contributed by atoms with Gasteiger partial charge in [-0.3, -0.25) is 10.1 Å². The van der Waals surface area contributed by atoms with E-state index in [1.807, 2.05) is 29.6 Å². The van der Waals surface area contributed by atoms with Crippen molar-refractivity contribution in [2.45, 2.75) is 0 Å². The van der Waals surface area contributed by atoms with Crippen molar-refractivity contribution in [3.8, 4) is 11.3 Å². The van der Waals surface area contributed by atoms with Gasteiger partial charge in [0.2, 0.25) is 0 Å². The van der Waals surface area contributed by atoms with Crippen LogP contribution in [-0.2, 0) is 0 Å². The summed E-state index contributed by atoms with van der Waals surface area (Å²) in [6, 6.07) is 12.1. The van der Waals surface area contributed by atoms with E-state index in [1.54, 1.807) is 12.1 Å². The minimum atomic E-state index is -0.294. The van der Waals surface area contributed by atoms with Crippen molar-refractivity contribution in [3.63, 3.8) is 0 Å². The summed E-state index contributed by atoms with van der Waals surface area (Å²) in [7, 11) is 0. The van der Waals surface area contributed by atoms with E-state index in [0.29, 0.717) is 26.4 Å². The first-order valence-corrected chi connectivity index (χ1v) is 8.24. The Morgan fingerprint density at radius 3 is 2.70 bits per heavy atom. The first-order valence-electron chi connectivity index (χ1n) is 6.61. The minimum Gasteiger partial charge on any atom is -0.399 e. The zero-order chi connectivity index (χ0) is 16.4. The van der Waals surface area contributed by atoms with Crippen LogP contribution in [0.3, 0.4) is 0 Å². The number of nitrogen functional groups attached to an aromatic ring is 1. The maximum absolute atomic E-state index is 12.2. The lowest BCUT2D eigenvalue weighted by Gasteiger charge is -2.03. The van der Waals surface area contributed by atoms with Crippen LogP contribution in [0, 0.1) is 0 Å². The Morgan fingerprint density at radius 2 is 1.96 bits per heavy atom. The molecule has 0 radical (unpaired) electrons. The molecular weight excluding hydrogens is 353 g/mol. The average molecular weight is 364 g/mol. The summed E-state index contributed by atoms with van der Waals surface area (Å²) < 4.78 is 0. The number of hydrogen-bond acceptors (Lipinski definition) is 4. The van der Waals surface area contributed by atoms with Crippen LogP contribution in [0.5, 0.6) is 0 Å². The molecule has 2 aromatic carbocycles. The molecule has 0 saturated heterocycles. The molecule has 1 aromatic heterocycles. The molecule has 0 atom stereocenters. The van der Waals surface area contributed by atoms with Gasteiger partial charge in [0.1, 0.15) is 0 Å². The summed E-state index contributed by atoms with van der Waals surface area (Å²) in [4.78, 5) is 16.6. The zero-order valence-electron chi connectivity index (χ0n) is 11.7. The summed E-state index contributed by atoms with van der Waals surface area (Å²) in [5.74, 6) is -0.294. The number of aromatic nitrogens is 1. The molecule has 1 amide bonds. The van der Waals surface area contributed by atoms with Crippen LogP contribution >= 0.6 is 34.5 Å². The van der Waals surface area contributed by atoms with Crippen LogP contribution < -0.4 is 11.1 Å². The van der Waals surface area contributed by atoms with Crippen LogP contribution in [0.1, 0.15) is 10.4 Å². The fourth-order valence-corrected chi connectivity index (χ4v) is 2.98. The van der Waals surface area contributed by atoms with E-state index in [4.69, 9.17) is 28.9 Å². The quantitative estimate of drug-likeness (QED) is 0.646. The molecule has 23 heavy (non-hydrogen) atoms. The minimum absolute atomic E-state index is 0.294. The number of thiazole rings is 1. The molecule has 3 rings (SSSR count). The summed E-state index contributed by atoms with van der Waals surface area (Å²) in [6.07, 6.45) is 0. The molecule has 0 aliphatic carbocycles. The largest absolute Gasteiger partial charge is 0.399 e. The molecule has 3 N–H and O–H groups in total. The third-order valence-electron chi connectivity index (χ3n) is 3.09. The van der Waals surface area contributed by atoms with E-state index in [1.165, 1.54) is 17.4 Å². The van der Waals surface area contributed by atoms with Gasteiger partial charge in [0.15, 0.2) is 5.13 Å². The highest BCUT2D eigenvalue weighted by Crippen LogP contribution is 2.27. The predicted octanol–water partition coefficient (Wildman–Crippen LogP) is 4.95. The van der Waals surface area contributed by atoms with Gasteiger partial charge in [0, 0.05) is 22.2 Å². The van der Waals surface area contributed by atoms with Crippen molar-refractivity contribution in [2.75, 3.05) is 11.1 Å². The fourth-order valence-electron chi connectivity index (χ4n) is 1.97. The molecule has 0 bridgehead atoms. The molecule has 0 unspecified atom stereocenters. The van der Waals surface area contributed by atoms with Crippen LogP contribution in [0.25, 0.3) is 11.3 Å². The third-order valence-corrected chi connectivity index (χ3v) is 4.59. The second-order valence-electron chi connectivity index (χ2n) is 4.75. The normalized spacial score (nSPS) is 10.5. The number of nitrogens with one attached hydrogen (secondary N) is 1. The molecule has 116 valence electrons. The SMILES string of the molecule is Nc1cccc(-c2csc(NC(=O)c3ccc(Cl)c(Cl)c3)n2)c1. The lowest BCUT2D eigenvalue weighted by atomic mass is 10.1. The van der Waals surface area contributed by atoms with Gasteiger partial charge in [0.05, 0.1) is 15.7 Å².